The number of hydrogen-bond donors (Lipinski definition) is 0. The van der Waals surface area contributed by atoms with Gasteiger partial charge in [0.25, 0.3) is 5.92 Å². The van der Waals surface area contributed by atoms with E-state index in [1.165, 1.54) is 13.8 Å². The van der Waals surface area contributed by atoms with Gasteiger partial charge >= 0.3 is 0 Å². The molecule has 0 aliphatic rings. The standard InChI is InChI=1S/C11H12F4O/c1-6(2)11(14,15)7-4-9(13)10(16-3)5-8(7)12/h4-6H,1-3H3. The molecule has 0 amide bonds. The van der Waals surface area contributed by atoms with E-state index in [0.717, 1.165) is 7.11 Å². The van der Waals surface area contributed by atoms with Crippen LogP contribution in [0.1, 0.15) is 19.4 Å². The van der Waals surface area contributed by atoms with Gasteiger partial charge in [0.05, 0.1) is 12.7 Å². The maximum atomic E-state index is 13.5. The van der Waals surface area contributed by atoms with Crippen molar-refractivity contribution in [2.24, 2.45) is 5.92 Å². The lowest BCUT2D eigenvalue weighted by Gasteiger charge is -2.21. The predicted molar refractivity (Wildman–Crippen MR) is 51.6 cm³/mol. The van der Waals surface area contributed by atoms with Gasteiger partial charge in [-0.05, 0) is 6.07 Å². The van der Waals surface area contributed by atoms with E-state index in [0.29, 0.717) is 12.1 Å². The Labute approximate surface area is 91.0 Å². The number of benzene rings is 1. The molecule has 0 saturated carbocycles. The Kier molecular flexibility index (Phi) is 3.45. The number of rotatable bonds is 3. The fraction of sp³-hybridized carbons (Fsp3) is 0.455. The average molecular weight is 236 g/mol. The van der Waals surface area contributed by atoms with Crippen molar-refractivity contribution in [2.45, 2.75) is 19.8 Å². The SMILES string of the molecule is COc1cc(F)c(C(F)(F)C(C)C)cc1F. The quantitative estimate of drug-likeness (QED) is 0.727. The highest BCUT2D eigenvalue weighted by molar-refractivity contribution is 5.33. The van der Waals surface area contributed by atoms with Crippen LogP contribution in [0.4, 0.5) is 17.6 Å². The number of alkyl halides is 2. The zero-order chi connectivity index (χ0) is 12.5. The van der Waals surface area contributed by atoms with Gasteiger partial charge < -0.3 is 4.74 Å². The Bertz CT molecular complexity index is 388. The van der Waals surface area contributed by atoms with E-state index in [1.807, 2.05) is 0 Å². The van der Waals surface area contributed by atoms with Crippen LogP contribution in [0, 0.1) is 17.6 Å². The normalized spacial score (nSPS) is 12.0. The highest BCUT2D eigenvalue weighted by Gasteiger charge is 2.39. The lowest BCUT2D eigenvalue weighted by Crippen LogP contribution is -2.22. The summed E-state index contributed by atoms with van der Waals surface area (Å²) in [5.41, 5.74) is -0.944. The summed E-state index contributed by atoms with van der Waals surface area (Å²) < 4.78 is 58.1. The Morgan fingerprint density at radius 1 is 1.12 bits per heavy atom. The minimum absolute atomic E-state index is 0.388. The van der Waals surface area contributed by atoms with E-state index < -0.39 is 29.0 Å². The van der Waals surface area contributed by atoms with Crippen molar-refractivity contribution in [1.82, 2.24) is 0 Å². The molecule has 0 radical (unpaired) electrons. The van der Waals surface area contributed by atoms with Crippen LogP contribution < -0.4 is 4.74 Å². The summed E-state index contributed by atoms with van der Waals surface area (Å²) in [5, 5.41) is 0. The van der Waals surface area contributed by atoms with Gasteiger partial charge in [0.15, 0.2) is 11.6 Å². The van der Waals surface area contributed by atoms with E-state index in [-0.39, 0.29) is 5.75 Å². The number of hydrogen-bond acceptors (Lipinski definition) is 1. The van der Waals surface area contributed by atoms with Gasteiger partial charge in [-0.15, -0.1) is 0 Å². The van der Waals surface area contributed by atoms with Crippen LogP contribution in [-0.2, 0) is 5.92 Å². The lowest BCUT2D eigenvalue weighted by molar-refractivity contribution is -0.0546. The summed E-state index contributed by atoms with van der Waals surface area (Å²) in [6.07, 6.45) is 0. The molecular formula is C11H12F4O. The average Bonchev–Trinajstić information content (AvgIpc) is 2.20. The molecule has 0 bridgehead atoms. The van der Waals surface area contributed by atoms with Crippen molar-refractivity contribution in [2.75, 3.05) is 7.11 Å². The molecule has 0 spiro atoms. The molecular weight excluding hydrogens is 224 g/mol. The molecule has 0 N–H and O–H groups in total. The molecule has 0 saturated heterocycles. The second kappa shape index (κ2) is 4.31. The monoisotopic (exact) mass is 236 g/mol. The van der Waals surface area contributed by atoms with Crippen LogP contribution in [0.3, 0.4) is 0 Å². The fourth-order valence-corrected chi connectivity index (χ4v) is 1.25. The number of methoxy groups -OCH3 is 1. The highest BCUT2D eigenvalue weighted by atomic mass is 19.3. The Morgan fingerprint density at radius 2 is 1.69 bits per heavy atom. The number of halogens is 4. The van der Waals surface area contributed by atoms with E-state index in [9.17, 15) is 17.6 Å². The third-order valence-corrected chi connectivity index (χ3v) is 2.33. The van der Waals surface area contributed by atoms with Crippen LogP contribution in [0.2, 0.25) is 0 Å². The fourth-order valence-electron chi connectivity index (χ4n) is 1.25. The molecule has 90 valence electrons. The van der Waals surface area contributed by atoms with Gasteiger partial charge in [0.2, 0.25) is 0 Å². The summed E-state index contributed by atoms with van der Waals surface area (Å²) in [4.78, 5) is 0. The van der Waals surface area contributed by atoms with Crippen LogP contribution in [0.5, 0.6) is 5.75 Å². The smallest absolute Gasteiger partial charge is 0.278 e. The third kappa shape index (κ3) is 2.13. The molecule has 0 fully saturated rings. The Balaban J connectivity index is 3.31. The molecule has 1 rings (SSSR count). The highest BCUT2D eigenvalue weighted by Crippen LogP contribution is 2.38. The first kappa shape index (κ1) is 12.8. The molecule has 0 aromatic heterocycles. The lowest BCUT2D eigenvalue weighted by atomic mass is 9.97. The van der Waals surface area contributed by atoms with Crippen LogP contribution in [-0.4, -0.2) is 7.11 Å². The third-order valence-electron chi connectivity index (χ3n) is 2.33. The first-order valence-corrected chi connectivity index (χ1v) is 4.72. The number of ether oxygens (including phenoxy) is 1. The maximum absolute atomic E-state index is 13.5. The minimum atomic E-state index is -3.41. The van der Waals surface area contributed by atoms with Crippen molar-refractivity contribution in [3.8, 4) is 5.75 Å². The minimum Gasteiger partial charge on any atom is -0.494 e. The van der Waals surface area contributed by atoms with Gasteiger partial charge in [-0.25, -0.2) is 17.6 Å². The summed E-state index contributed by atoms with van der Waals surface area (Å²) in [6.45, 7) is 2.48. The first-order valence-electron chi connectivity index (χ1n) is 4.72. The zero-order valence-electron chi connectivity index (χ0n) is 9.15. The van der Waals surface area contributed by atoms with Crippen molar-refractivity contribution in [1.29, 1.82) is 0 Å². The van der Waals surface area contributed by atoms with E-state index in [1.54, 1.807) is 0 Å². The van der Waals surface area contributed by atoms with Crippen molar-refractivity contribution in [3.63, 3.8) is 0 Å². The summed E-state index contributed by atoms with van der Waals surface area (Å²) in [6, 6.07) is 1.11. The van der Waals surface area contributed by atoms with E-state index in [2.05, 4.69) is 4.74 Å². The largest absolute Gasteiger partial charge is 0.494 e. The molecule has 1 aromatic carbocycles. The van der Waals surface area contributed by atoms with Gasteiger partial charge in [0.1, 0.15) is 5.82 Å². The summed E-state index contributed by atoms with van der Waals surface area (Å²) >= 11 is 0. The first-order chi connectivity index (χ1) is 7.30. The molecule has 1 nitrogen and oxygen atoms in total. The van der Waals surface area contributed by atoms with Crippen LogP contribution in [0.15, 0.2) is 12.1 Å². The van der Waals surface area contributed by atoms with Gasteiger partial charge in [0, 0.05) is 12.0 Å². The van der Waals surface area contributed by atoms with Crippen molar-refractivity contribution < 1.29 is 22.3 Å². The molecule has 0 unspecified atom stereocenters. The second-order valence-corrected chi connectivity index (χ2v) is 3.74. The molecule has 1 aromatic rings. The Hall–Kier alpha value is -1.26. The topological polar surface area (TPSA) is 9.23 Å². The van der Waals surface area contributed by atoms with Gasteiger partial charge in [-0.3, -0.25) is 0 Å². The molecule has 5 heteroatoms. The summed E-state index contributed by atoms with van der Waals surface area (Å²) in [7, 11) is 1.14. The zero-order valence-corrected chi connectivity index (χ0v) is 9.15. The predicted octanol–water partition coefficient (Wildman–Crippen LogP) is 3.72. The maximum Gasteiger partial charge on any atom is 0.278 e. The molecule has 0 atom stereocenters. The van der Waals surface area contributed by atoms with Gasteiger partial charge in [-0.1, -0.05) is 13.8 Å². The second-order valence-electron chi connectivity index (χ2n) is 3.74. The van der Waals surface area contributed by atoms with E-state index in [4.69, 9.17) is 0 Å². The molecule has 0 aliphatic carbocycles. The molecule has 16 heavy (non-hydrogen) atoms. The van der Waals surface area contributed by atoms with Crippen LogP contribution in [0.25, 0.3) is 0 Å². The van der Waals surface area contributed by atoms with E-state index >= 15 is 0 Å². The molecule has 0 heterocycles. The van der Waals surface area contributed by atoms with Crippen molar-refractivity contribution >= 4 is 0 Å². The summed E-state index contributed by atoms with van der Waals surface area (Å²) in [5.74, 6) is -7.08. The van der Waals surface area contributed by atoms with Crippen LogP contribution >= 0.6 is 0 Å². The van der Waals surface area contributed by atoms with Gasteiger partial charge in [-0.2, -0.15) is 0 Å². The molecule has 0 aliphatic heterocycles. The van der Waals surface area contributed by atoms with Crippen molar-refractivity contribution in [3.05, 3.63) is 29.3 Å². The Morgan fingerprint density at radius 3 is 2.12 bits per heavy atom.